The van der Waals surface area contributed by atoms with E-state index in [9.17, 15) is 9.59 Å². The fourth-order valence-electron chi connectivity index (χ4n) is 2.85. The zero-order chi connectivity index (χ0) is 18.2. The van der Waals surface area contributed by atoms with Crippen molar-refractivity contribution in [1.29, 1.82) is 0 Å². The molecular weight excluding hydrogens is 328 g/mol. The lowest BCUT2D eigenvalue weighted by Crippen LogP contribution is -2.49. The fourth-order valence-corrected chi connectivity index (χ4v) is 2.85. The number of nitrogens with zero attached hydrogens (tertiary/aromatic N) is 2. The Bertz CT molecular complexity index is 751. The summed E-state index contributed by atoms with van der Waals surface area (Å²) in [5.74, 6) is -0.663. The molecule has 1 aliphatic heterocycles. The molecule has 1 aliphatic rings. The van der Waals surface area contributed by atoms with E-state index in [0.29, 0.717) is 13.1 Å². The van der Waals surface area contributed by atoms with Gasteiger partial charge in [0, 0.05) is 37.9 Å². The van der Waals surface area contributed by atoms with Crippen molar-refractivity contribution in [3.8, 4) is 0 Å². The first-order valence-corrected chi connectivity index (χ1v) is 8.70. The van der Waals surface area contributed by atoms with Gasteiger partial charge in [-0.25, -0.2) is 4.79 Å². The van der Waals surface area contributed by atoms with Crippen molar-refractivity contribution in [3.05, 3.63) is 72.3 Å². The number of anilines is 1. The van der Waals surface area contributed by atoms with Gasteiger partial charge in [0.15, 0.2) is 6.61 Å². The normalized spacial score (nSPS) is 14.5. The number of esters is 1. The molecule has 1 heterocycles. The Hall–Kier alpha value is -3.08. The van der Waals surface area contributed by atoms with Gasteiger partial charge in [0.2, 0.25) is 0 Å². The van der Waals surface area contributed by atoms with E-state index in [4.69, 9.17) is 4.74 Å². The Morgan fingerprint density at radius 3 is 2.15 bits per heavy atom. The van der Waals surface area contributed by atoms with E-state index in [2.05, 4.69) is 17.0 Å². The number of hydrogen-bond acceptors (Lipinski definition) is 4. The van der Waals surface area contributed by atoms with Gasteiger partial charge < -0.3 is 14.5 Å². The van der Waals surface area contributed by atoms with Gasteiger partial charge in [-0.15, -0.1) is 0 Å². The zero-order valence-corrected chi connectivity index (χ0v) is 14.6. The van der Waals surface area contributed by atoms with Crippen LogP contribution in [0.4, 0.5) is 5.69 Å². The molecule has 1 fully saturated rings. The Morgan fingerprint density at radius 1 is 0.885 bits per heavy atom. The molecule has 0 atom stereocenters. The van der Waals surface area contributed by atoms with Crippen LogP contribution in [0.5, 0.6) is 0 Å². The molecule has 1 saturated heterocycles. The van der Waals surface area contributed by atoms with Gasteiger partial charge >= 0.3 is 5.97 Å². The maximum Gasteiger partial charge on any atom is 0.331 e. The first-order chi connectivity index (χ1) is 12.7. The summed E-state index contributed by atoms with van der Waals surface area (Å²) in [5, 5.41) is 0. The third-order valence-electron chi connectivity index (χ3n) is 4.30. The molecule has 5 heteroatoms. The van der Waals surface area contributed by atoms with Crippen LogP contribution in [-0.2, 0) is 14.3 Å². The average Bonchev–Trinajstić information content (AvgIpc) is 2.72. The van der Waals surface area contributed by atoms with Crippen molar-refractivity contribution in [3.63, 3.8) is 0 Å². The summed E-state index contributed by atoms with van der Waals surface area (Å²) >= 11 is 0. The van der Waals surface area contributed by atoms with Crippen molar-refractivity contribution in [2.45, 2.75) is 0 Å². The van der Waals surface area contributed by atoms with E-state index in [-0.39, 0.29) is 12.5 Å². The molecule has 2 aromatic rings. The molecular formula is C21H22N2O3. The number of carbonyl (C=O) groups is 2. The summed E-state index contributed by atoms with van der Waals surface area (Å²) in [6.45, 7) is 2.59. The highest BCUT2D eigenvalue weighted by Gasteiger charge is 2.21. The number of amides is 1. The molecule has 0 spiro atoms. The summed E-state index contributed by atoms with van der Waals surface area (Å²) in [5.41, 5.74) is 2.07. The fraction of sp³-hybridized carbons (Fsp3) is 0.238. The van der Waals surface area contributed by atoms with Crippen LogP contribution in [0, 0.1) is 0 Å². The topological polar surface area (TPSA) is 49.9 Å². The van der Waals surface area contributed by atoms with Crippen molar-refractivity contribution in [1.82, 2.24) is 4.90 Å². The predicted octanol–water partition coefficient (Wildman–Crippen LogP) is 2.59. The average molecular weight is 350 g/mol. The molecule has 0 aliphatic carbocycles. The van der Waals surface area contributed by atoms with Gasteiger partial charge in [0.05, 0.1) is 0 Å². The summed E-state index contributed by atoms with van der Waals surface area (Å²) in [6, 6.07) is 19.6. The highest BCUT2D eigenvalue weighted by Crippen LogP contribution is 2.15. The number of benzene rings is 2. The van der Waals surface area contributed by atoms with E-state index >= 15 is 0 Å². The largest absolute Gasteiger partial charge is 0.452 e. The molecule has 3 rings (SSSR count). The number of piperazine rings is 1. The highest BCUT2D eigenvalue weighted by atomic mass is 16.5. The van der Waals surface area contributed by atoms with Gasteiger partial charge in [-0.2, -0.15) is 0 Å². The first-order valence-electron chi connectivity index (χ1n) is 8.70. The summed E-state index contributed by atoms with van der Waals surface area (Å²) < 4.78 is 5.06. The number of hydrogen-bond donors (Lipinski definition) is 0. The van der Waals surface area contributed by atoms with Crippen LogP contribution in [0.2, 0.25) is 0 Å². The summed E-state index contributed by atoms with van der Waals surface area (Å²) in [4.78, 5) is 28.0. The third-order valence-corrected chi connectivity index (χ3v) is 4.30. The lowest BCUT2D eigenvalue weighted by Gasteiger charge is -2.36. The maximum absolute atomic E-state index is 12.2. The monoisotopic (exact) mass is 350 g/mol. The quantitative estimate of drug-likeness (QED) is 0.614. The minimum absolute atomic E-state index is 0.154. The Kier molecular flexibility index (Phi) is 6.04. The lowest BCUT2D eigenvalue weighted by molar-refractivity contribution is -0.148. The van der Waals surface area contributed by atoms with E-state index < -0.39 is 5.97 Å². The maximum atomic E-state index is 12.2. The van der Waals surface area contributed by atoms with Gasteiger partial charge in [0.25, 0.3) is 5.91 Å². The molecule has 0 aromatic heterocycles. The van der Waals surface area contributed by atoms with Crippen molar-refractivity contribution in [2.75, 3.05) is 37.7 Å². The molecule has 0 N–H and O–H groups in total. The molecule has 0 unspecified atom stereocenters. The molecule has 134 valence electrons. The molecule has 2 aromatic carbocycles. The standard InChI is InChI=1S/C21H22N2O3/c24-20(17-26-21(25)12-11-18-7-3-1-4-8-18)23-15-13-22(14-16-23)19-9-5-2-6-10-19/h1-12H,13-17H2/b12-11+. The molecule has 26 heavy (non-hydrogen) atoms. The zero-order valence-electron chi connectivity index (χ0n) is 14.6. The van der Waals surface area contributed by atoms with Gasteiger partial charge in [0.1, 0.15) is 0 Å². The van der Waals surface area contributed by atoms with Crippen LogP contribution < -0.4 is 4.90 Å². The third kappa shape index (κ3) is 4.96. The van der Waals surface area contributed by atoms with Crippen molar-refractivity contribution >= 4 is 23.6 Å². The number of carbonyl (C=O) groups excluding carboxylic acids is 2. The molecule has 0 saturated carbocycles. The summed E-state index contributed by atoms with van der Waals surface area (Å²) in [6.07, 6.45) is 3.02. The second kappa shape index (κ2) is 8.85. The number of para-hydroxylation sites is 1. The van der Waals surface area contributed by atoms with Gasteiger partial charge in [-0.05, 0) is 23.8 Å². The van der Waals surface area contributed by atoms with Crippen LogP contribution in [-0.4, -0.2) is 49.6 Å². The molecule has 0 bridgehead atoms. The van der Waals surface area contributed by atoms with Crippen molar-refractivity contribution in [2.24, 2.45) is 0 Å². The van der Waals surface area contributed by atoms with Crippen molar-refractivity contribution < 1.29 is 14.3 Å². The predicted molar refractivity (Wildman–Crippen MR) is 102 cm³/mol. The first kappa shape index (κ1) is 17.7. The summed E-state index contributed by atoms with van der Waals surface area (Å²) in [7, 11) is 0. The van der Waals surface area contributed by atoms with E-state index in [0.717, 1.165) is 24.3 Å². The Balaban J connectivity index is 1.42. The molecule has 5 nitrogen and oxygen atoms in total. The lowest BCUT2D eigenvalue weighted by atomic mass is 10.2. The minimum Gasteiger partial charge on any atom is -0.452 e. The Labute approximate surface area is 153 Å². The van der Waals surface area contributed by atoms with E-state index in [1.807, 2.05) is 48.5 Å². The van der Waals surface area contributed by atoms with E-state index in [1.165, 1.54) is 6.08 Å². The van der Waals surface area contributed by atoms with Crippen LogP contribution in [0.25, 0.3) is 6.08 Å². The Morgan fingerprint density at radius 2 is 1.50 bits per heavy atom. The minimum atomic E-state index is -0.509. The number of rotatable bonds is 5. The second-order valence-corrected chi connectivity index (χ2v) is 6.06. The van der Waals surface area contributed by atoms with Crippen LogP contribution >= 0.6 is 0 Å². The van der Waals surface area contributed by atoms with Gasteiger partial charge in [-0.1, -0.05) is 48.5 Å². The SMILES string of the molecule is O=C(/C=C/c1ccccc1)OCC(=O)N1CCN(c2ccccc2)CC1. The molecule has 1 amide bonds. The second-order valence-electron chi connectivity index (χ2n) is 6.06. The van der Waals surface area contributed by atoms with Crippen LogP contribution in [0.3, 0.4) is 0 Å². The van der Waals surface area contributed by atoms with Gasteiger partial charge in [-0.3, -0.25) is 4.79 Å². The molecule has 0 radical (unpaired) electrons. The smallest absolute Gasteiger partial charge is 0.331 e. The van der Waals surface area contributed by atoms with Crippen LogP contribution in [0.1, 0.15) is 5.56 Å². The van der Waals surface area contributed by atoms with Crippen LogP contribution in [0.15, 0.2) is 66.7 Å². The number of ether oxygens (including phenoxy) is 1. The van der Waals surface area contributed by atoms with E-state index in [1.54, 1.807) is 11.0 Å². The highest BCUT2D eigenvalue weighted by molar-refractivity contribution is 5.89.